The van der Waals surface area contributed by atoms with E-state index in [1.165, 1.54) is 38.5 Å². The zero-order chi connectivity index (χ0) is 21.0. The maximum atomic E-state index is 11.1. The second-order valence-corrected chi connectivity index (χ2v) is 11.7. The molecule has 3 nitrogen and oxygen atoms in total. The highest BCUT2D eigenvalue weighted by Gasteiger charge is 2.62. The summed E-state index contributed by atoms with van der Waals surface area (Å²) in [6.07, 6.45) is 11.4. The van der Waals surface area contributed by atoms with Crippen LogP contribution in [-0.4, -0.2) is 35.6 Å². The quantitative estimate of drug-likeness (QED) is 0.468. The Kier molecular flexibility index (Phi) is 5.71. The highest BCUT2D eigenvalue weighted by Crippen LogP contribution is 2.66. The van der Waals surface area contributed by atoms with Crippen molar-refractivity contribution in [1.82, 2.24) is 0 Å². The Morgan fingerprint density at radius 3 is 2.47 bits per heavy atom. The number of hydrogen-bond donors (Lipinski definition) is 1. The monoisotopic (exact) mass is 434 g/mol. The van der Waals surface area contributed by atoms with E-state index < -0.39 is 5.60 Å². The Morgan fingerprint density at radius 2 is 1.70 bits per heavy atom. The maximum absolute atomic E-state index is 11.1. The van der Waals surface area contributed by atoms with E-state index in [0.717, 1.165) is 56.1 Å². The number of aliphatic hydroxyl groups is 1. The third kappa shape index (κ3) is 3.45. The predicted octanol–water partition coefficient (Wildman–Crippen LogP) is 5.38. The van der Waals surface area contributed by atoms with Gasteiger partial charge in [0.25, 0.3) is 0 Å². The van der Waals surface area contributed by atoms with E-state index in [2.05, 4.69) is 25.7 Å². The molecule has 0 spiro atoms. The van der Waals surface area contributed by atoms with E-state index >= 15 is 0 Å². The van der Waals surface area contributed by atoms with E-state index in [1.807, 2.05) is 0 Å². The van der Waals surface area contributed by atoms with Crippen LogP contribution in [0.25, 0.3) is 0 Å². The molecule has 5 fully saturated rings. The Bertz CT molecular complexity index is 707. The summed E-state index contributed by atoms with van der Waals surface area (Å²) in [4.78, 5) is 0. The lowest BCUT2D eigenvalue weighted by Crippen LogP contribution is -2.53. The highest BCUT2D eigenvalue weighted by molar-refractivity contribution is 6.18. The third-order valence-corrected chi connectivity index (χ3v) is 10.2. The van der Waals surface area contributed by atoms with Crippen molar-refractivity contribution in [2.75, 3.05) is 19.1 Å². The first-order chi connectivity index (χ1) is 14.4. The molecule has 8 atom stereocenters. The minimum Gasteiger partial charge on any atom is -0.378 e. The first-order valence-electron chi connectivity index (χ1n) is 12.4. The van der Waals surface area contributed by atoms with E-state index in [4.69, 9.17) is 21.1 Å². The molecule has 0 aromatic rings. The molecule has 0 bridgehead atoms. The van der Waals surface area contributed by atoms with E-state index in [-0.39, 0.29) is 5.79 Å². The van der Waals surface area contributed by atoms with Crippen LogP contribution < -0.4 is 0 Å². The van der Waals surface area contributed by atoms with Crippen LogP contribution in [0, 0.1) is 52.8 Å². The average Bonchev–Trinajstić information content (AvgIpc) is 3.31. The number of hydrogen-bond acceptors (Lipinski definition) is 3. The largest absolute Gasteiger partial charge is 0.378 e. The molecule has 0 aromatic heterocycles. The first-order valence-corrected chi connectivity index (χ1v) is 13.0. The van der Waals surface area contributed by atoms with Crippen molar-refractivity contribution in [2.24, 2.45) is 40.9 Å². The molecule has 0 aromatic carbocycles. The van der Waals surface area contributed by atoms with Gasteiger partial charge in [-0.1, -0.05) is 18.8 Å². The standard InChI is InChI=1S/C26H39ClO3/c1-24-12-9-20-19-10-13-26(28,11-3-4-14-27)17-18(19)5-6-21(20)22(24)7-8-23(24)25(2)29-15-16-30-25/h18-23,28H,4-10,12-17H2,1-2H3/t18?,19-,20?,21?,22?,23-,24-,26+/m0/s1. The van der Waals surface area contributed by atoms with Crippen LogP contribution in [0.2, 0.25) is 0 Å². The minimum atomic E-state index is -0.770. The number of rotatable bonds is 2. The van der Waals surface area contributed by atoms with Crippen molar-refractivity contribution >= 4 is 11.6 Å². The van der Waals surface area contributed by atoms with Gasteiger partial charge in [0.15, 0.2) is 5.79 Å². The smallest absolute Gasteiger partial charge is 0.169 e. The SMILES string of the molecule is CC1([C@H]2CCC3C4CCC5C[C@@](O)(C#CCCCl)CC[C@@H]5C4CC[C@@]32C)OCCO1. The Hall–Kier alpha value is -0.270. The molecule has 1 N–H and O–H groups in total. The molecule has 4 saturated carbocycles. The molecule has 4 aliphatic carbocycles. The van der Waals surface area contributed by atoms with Crippen LogP contribution in [-0.2, 0) is 9.47 Å². The zero-order valence-corrected chi connectivity index (χ0v) is 19.6. The molecule has 1 saturated heterocycles. The molecule has 4 unspecified atom stereocenters. The molecule has 0 radical (unpaired) electrons. The Labute approximate surface area is 187 Å². The lowest BCUT2D eigenvalue weighted by Gasteiger charge is -2.57. The maximum Gasteiger partial charge on any atom is 0.169 e. The summed E-state index contributed by atoms with van der Waals surface area (Å²) in [6.45, 7) is 6.26. The summed E-state index contributed by atoms with van der Waals surface area (Å²) in [5, 5.41) is 11.1. The lowest BCUT2D eigenvalue weighted by atomic mass is 9.48. The third-order valence-electron chi connectivity index (χ3n) is 10.0. The van der Waals surface area contributed by atoms with Gasteiger partial charge in [-0.2, -0.15) is 0 Å². The molecule has 1 aliphatic heterocycles. The fourth-order valence-electron chi connectivity index (χ4n) is 8.86. The highest BCUT2D eigenvalue weighted by atomic mass is 35.5. The summed E-state index contributed by atoms with van der Waals surface area (Å²) >= 11 is 5.77. The summed E-state index contributed by atoms with van der Waals surface area (Å²) in [7, 11) is 0. The van der Waals surface area contributed by atoms with Crippen molar-refractivity contribution in [3.8, 4) is 11.8 Å². The molecular formula is C26H39ClO3. The van der Waals surface area contributed by atoms with Gasteiger partial charge in [0.2, 0.25) is 0 Å². The minimum absolute atomic E-state index is 0.357. The Morgan fingerprint density at radius 1 is 0.933 bits per heavy atom. The van der Waals surface area contributed by atoms with Gasteiger partial charge in [-0.15, -0.1) is 11.6 Å². The normalized spacial score (nSPS) is 49.5. The van der Waals surface area contributed by atoms with Crippen molar-refractivity contribution in [3.05, 3.63) is 0 Å². The molecule has 4 heteroatoms. The van der Waals surface area contributed by atoms with Crippen molar-refractivity contribution in [2.45, 2.75) is 89.4 Å². The number of ether oxygens (including phenoxy) is 2. The van der Waals surface area contributed by atoms with Gasteiger partial charge in [0.05, 0.1) is 13.2 Å². The topological polar surface area (TPSA) is 38.7 Å². The van der Waals surface area contributed by atoms with Crippen molar-refractivity contribution in [3.63, 3.8) is 0 Å². The molecule has 0 amide bonds. The summed E-state index contributed by atoms with van der Waals surface area (Å²) < 4.78 is 12.3. The van der Waals surface area contributed by atoms with Crippen molar-refractivity contribution in [1.29, 1.82) is 0 Å². The fourth-order valence-corrected chi connectivity index (χ4v) is 8.95. The van der Waals surface area contributed by atoms with E-state index in [9.17, 15) is 5.11 Å². The van der Waals surface area contributed by atoms with Gasteiger partial charge in [-0.05, 0) is 99.7 Å². The number of fused-ring (bicyclic) bond motifs is 5. The molecule has 5 aliphatic rings. The molecule has 30 heavy (non-hydrogen) atoms. The van der Waals surface area contributed by atoms with Crippen LogP contribution >= 0.6 is 11.6 Å². The van der Waals surface area contributed by atoms with Gasteiger partial charge in [-0.3, -0.25) is 0 Å². The zero-order valence-electron chi connectivity index (χ0n) is 18.8. The summed E-state index contributed by atoms with van der Waals surface area (Å²) in [5.41, 5.74) is -0.414. The van der Waals surface area contributed by atoms with E-state index in [0.29, 0.717) is 29.6 Å². The second kappa shape index (κ2) is 7.95. The van der Waals surface area contributed by atoms with Gasteiger partial charge in [0, 0.05) is 18.2 Å². The van der Waals surface area contributed by atoms with E-state index in [1.54, 1.807) is 0 Å². The van der Waals surface area contributed by atoms with Crippen LogP contribution in [0.5, 0.6) is 0 Å². The molecule has 5 rings (SSSR count). The lowest BCUT2D eigenvalue weighted by molar-refractivity contribution is -0.215. The van der Waals surface area contributed by atoms with Gasteiger partial charge < -0.3 is 14.6 Å². The molecule has 1 heterocycles. The van der Waals surface area contributed by atoms with Crippen LogP contribution in [0.15, 0.2) is 0 Å². The number of alkyl halides is 1. The molecule has 168 valence electrons. The van der Waals surface area contributed by atoms with Gasteiger partial charge in [0.1, 0.15) is 5.60 Å². The number of halogens is 1. The fraction of sp³-hybridized carbons (Fsp3) is 0.923. The summed E-state index contributed by atoms with van der Waals surface area (Å²) in [5.74, 6) is 11.0. The van der Waals surface area contributed by atoms with Crippen LogP contribution in [0.1, 0.15) is 78.1 Å². The van der Waals surface area contributed by atoms with Gasteiger partial charge >= 0.3 is 0 Å². The first kappa shape index (κ1) is 21.6. The van der Waals surface area contributed by atoms with Crippen LogP contribution in [0.3, 0.4) is 0 Å². The Balaban J connectivity index is 1.30. The molecular weight excluding hydrogens is 396 g/mol. The average molecular weight is 435 g/mol. The van der Waals surface area contributed by atoms with Crippen LogP contribution in [0.4, 0.5) is 0 Å². The summed E-state index contributed by atoms with van der Waals surface area (Å²) in [6, 6.07) is 0. The van der Waals surface area contributed by atoms with Crippen molar-refractivity contribution < 1.29 is 14.6 Å². The van der Waals surface area contributed by atoms with Gasteiger partial charge in [-0.25, -0.2) is 0 Å². The second-order valence-electron chi connectivity index (χ2n) is 11.3. The predicted molar refractivity (Wildman–Crippen MR) is 119 cm³/mol.